The van der Waals surface area contributed by atoms with E-state index in [-0.39, 0.29) is 5.91 Å². The molecule has 0 radical (unpaired) electrons. The van der Waals surface area contributed by atoms with Gasteiger partial charge in [-0.05, 0) is 59.5 Å². The third-order valence-corrected chi connectivity index (χ3v) is 4.54. The van der Waals surface area contributed by atoms with Gasteiger partial charge in [-0.3, -0.25) is 15.1 Å². The van der Waals surface area contributed by atoms with Gasteiger partial charge < -0.3 is 5.32 Å². The number of nitrogens with one attached hydrogen (secondary N) is 2. The van der Waals surface area contributed by atoms with Gasteiger partial charge >= 0.3 is 0 Å². The SMILES string of the molecule is CC(C)c1cccc(NC(=NCc2ccncc2)NC(=O)c2cccc(Cl)c2)c1. The van der Waals surface area contributed by atoms with Gasteiger partial charge in [-0.2, -0.15) is 0 Å². The number of hydrogen-bond donors (Lipinski definition) is 2. The van der Waals surface area contributed by atoms with Gasteiger partial charge in [-0.25, -0.2) is 4.99 Å². The van der Waals surface area contributed by atoms with Crippen LogP contribution >= 0.6 is 11.6 Å². The maximum Gasteiger partial charge on any atom is 0.258 e. The molecule has 2 N–H and O–H groups in total. The maximum atomic E-state index is 12.7. The summed E-state index contributed by atoms with van der Waals surface area (Å²) in [5.74, 6) is 0.483. The molecule has 3 rings (SSSR count). The fourth-order valence-electron chi connectivity index (χ4n) is 2.69. The first kappa shape index (κ1) is 20.6. The van der Waals surface area contributed by atoms with Crippen LogP contribution in [0.1, 0.15) is 41.3 Å². The van der Waals surface area contributed by atoms with Gasteiger partial charge in [0.25, 0.3) is 5.91 Å². The molecule has 0 saturated carbocycles. The highest BCUT2D eigenvalue weighted by Gasteiger charge is 2.10. The van der Waals surface area contributed by atoms with Crippen molar-refractivity contribution in [1.29, 1.82) is 0 Å². The lowest BCUT2D eigenvalue weighted by atomic mass is 10.0. The largest absolute Gasteiger partial charge is 0.326 e. The standard InChI is InChI=1S/C23H23ClN4O/c1-16(2)18-5-4-8-21(14-18)27-23(26-15-17-9-11-25-12-10-17)28-22(29)19-6-3-7-20(24)13-19/h3-14,16H,15H2,1-2H3,(H2,26,27,28,29). The number of pyridine rings is 1. The topological polar surface area (TPSA) is 66.4 Å². The van der Waals surface area contributed by atoms with Gasteiger partial charge in [0, 0.05) is 28.7 Å². The summed E-state index contributed by atoms with van der Waals surface area (Å²) in [5.41, 5.74) is 3.51. The van der Waals surface area contributed by atoms with Crippen LogP contribution in [0.5, 0.6) is 0 Å². The van der Waals surface area contributed by atoms with E-state index in [9.17, 15) is 4.79 Å². The quantitative estimate of drug-likeness (QED) is 0.448. The molecule has 0 spiro atoms. The van der Waals surface area contributed by atoms with E-state index >= 15 is 0 Å². The number of aliphatic imine (C=N–C) groups is 1. The molecular formula is C23H23ClN4O. The summed E-state index contributed by atoms with van der Waals surface area (Å²) in [6.45, 7) is 4.68. The first-order valence-corrected chi connectivity index (χ1v) is 9.76. The van der Waals surface area contributed by atoms with E-state index in [1.165, 1.54) is 5.56 Å². The van der Waals surface area contributed by atoms with Crippen LogP contribution in [0, 0.1) is 0 Å². The van der Waals surface area contributed by atoms with E-state index in [0.717, 1.165) is 11.3 Å². The zero-order chi connectivity index (χ0) is 20.6. The van der Waals surface area contributed by atoms with E-state index in [1.807, 2.05) is 24.3 Å². The van der Waals surface area contributed by atoms with Crippen LogP contribution in [0.3, 0.4) is 0 Å². The van der Waals surface area contributed by atoms with Crippen LogP contribution in [0.2, 0.25) is 5.02 Å². The highest BCUT2D eigenvalue weighted by atomic mass is 35.5. The van der Waals surface area contributed by atoms with Gasteiger partial charge in [-0.15, -0.1) is 0 Å². The molecule has 6 heteroatoms. The lowest BCUT2D eigenvalue weighted by Gasteiger charge is -2.14. The van der Waals surface area contributed by atoms with Crippen molar-refractivity contribution >= 4 is 29.2 Å². The minimum atomic E-state index is -0.284. The summed E-state index contributed by atoms with van der Waals surface area (Å²) in [6.07, 6.45) is 3.43. The van der Waals surface area contributed by atoms with E-state index in [0.29, 0.717) is 29.0 Å². The smallest absolute Gasteiger partial charge is 0.258 e. The molecular weight excluding hydrogens is 384 g/mol. The Morgan fingerprint density at radius 3 is 2.55 bits per heavy atom. The zero-order valence-corrected chi connectivity index (χ0v) is 17.1. The van der Waals surface area contributed by atoms with Gasteiger partial charge in [0.2, 0.25) is 5.96 Å². The number of anilines is 1. The van der Waals surface area contributed by atoms with Crippen molar-refractivity contribution in [3.05, 3.63) is 94.8 Å². The number of hydrogen-bond acceptors (Lipinski definition) is 3. The second kappa shape index (κ2) is 9.85. The molecule has 0 bridgehead atoms. The van der Waals surface area contributed by atoms with Gasteiger partial charge in [0.15, 0.2) is 0 Å². The maximum absolute atomic E-state index is 12.7. The molecule has 0 aliphatic heterocycles. The normalized spacial score (nSPS) is 11.4. The molecule has 1 amide bonds. The Kier molecular flexibility index (Phi) is 6.98. The number of carbonyl (C=O) groups is 1. The Labute approximate surface area is 175 Å². The Morgan fingerprint density at radius 2 is 1.83 bits per heavy atom. The van der Waals surface area contributed by atoms with Crippen molar-refractivity contribution in [3.63, 3.8) is 0 Å². The summed E-state index contributed by atoms with van der Waals surface area (Å²) in [4.78, 5) is 21.3. The summed E-state index contributed by atoms with van der Waals surface area (Å²) in [6, 6.07) is 18.6. The van der Waals surface area contributed by atoms with E-state index in [2.05, 4.69) is 46.6 Å². The molecule has 2 aromatic carbocycles. The van der Waals surface area contributed by atoms with Crippen LogP contribution in [0.4, 0.5) is 5.69 Å². The highest BCUT2D eigenvalue weighted by molar-refractivity contribution is 6.31. The molecule has 3 aromatic rings. The third kappa shape index (κ3) is 6.16. The molecule has 5 nitrogen and oxygen atoms in total. The van der Waals surface area contributed by atoms with E-state index < -0.39 is 0 Å². The van der Waals surface area contributed by atoms with Crippen LogP contribution in [0.15, 0.2) is 78.0 Å². The average Bonchev–Trinajstić information content (AvgIpc) is 2.73. The van der Waals surface area contributed by atoms with Crippen LogP contribution in [-0.4, -0.2) is 16.9 Å². The first-order chi connectivity index (χ1) is 14.0. The van der Waals surface area contributed by atoms with Crippen LogP contribution in [-0.2, 0) is 6.54 Å². The fraction of sp³-hybridized carbons (Fsp3) is 0.174. The van der Waals surface area contributed by atoms with E-state index in [4.69, 9.17) is 11.6 Å². The average molecular weight is 407 g/mol. The minimum Gasteiger partial charge on any atom is -0.326 e. The number of aromatic nitrogens is 1. The molecule has 0 atom stereocenters. The Balaban J connectivity index is 1.83. The van der Waals surface area contributed by atoms with Gasteiger partial charge in [0.1, 0.15) is 0 Å². The van der Waals surface area contributed by atoms with E-state index in [1.54, 1.807) is 36.7 Å². The minimum absolute atomic E-state index is 0.284. The Bertz CT molecular complexity index is 1000. The van der Waals surface area contributed by atoms with Crippen molar-refractivity contribution in [2.45, 2.75) is 26.3 Å². The van der Waals surface area contributed by atoms with Crippen LogP contribution in [0.25, 0.3) is 0 Å². The number of carbonyl (C=O) groups excluding carboxylic acids is 1. The number of amides is 1. The fourth-order valence-corrected chi connectivity index (χ4v) is 2.88. The number of rotatable bonds is 5. The molecule has 1 heterocycles. The summed E-state index contributed by atoms with van der Waals surface area (Å²) in [7, 11) is 0. The van der Waals surface area contributed by atoms with Crippen molar-refractivity contribution in [1.82, 2.24) is 10.3 Å². The Morgan fingerprint density at radius 1 is 1.07 bits per heavy atom. The monoisotopic (exact) mass is 406 g/mol. The van der Waals surface area contributed by atoms with Crippen molar-refractivity contribution in [2.75, 3.05) is 5.32 Å². The second-order valence-electron chi connectivity index (χ2n) is 6.89. The molecule has 0 aliphatic carbocycles. The third-order valence-electron chi connectivity index (χ3n) is 4.30. The van der Waals surface area contributed by atoms with Crippen molar-refractivity contribution < 1.29 is 4.79 Å². The predicted octanol–water partition coefficient (Wildman–Crippen LogP) is 5.26. The number of benzene rings is 2. The van der Waals surface area contributed by atoms with Crippen molar-refractivity contribution in [2.24, 2.45) is 4.99 Å². The molecule has 0 aliphatic rings. The summed E-state index contributed by atoms with van der Waals surface area (Å²) in [5, 5.41) is 6.59. The predicted molar refractivity (Wildman–Crippen MR) is 118 cm³/mol. The summed E-state index contributed by atoms with van der Waals surface area (Å²) >= 11 is 6.01. The zero-order valence-electron chi connectivity index (χ0n) is 16.4. The van der Waals surface area contributed by atoms with Gasteiger partial charge in [0.05, 0.1) is 6.54 Å². The highest BCUT2D eigenvalue weighted by Crippen LogP contribution is 2.18. The molecule has 0 saturated heterocycles. The molecule has 1 aromatic heterocycles. The second-order valence-corrected chi connectivity index (χ2v) is 7.33. The molecule has 0 fully saturated rings. The lowest BCUT2D eigenvalue weighted by Crippen LogP contribution is -2.36. The first-order valence-electron chi connectivity index (χ1n) is 9.38. The molecule has 148 valence electrons. The lowest BCUT2D eigenvalue weighted by molar-refractivity contribution is 0.0977. The summed E-state index contributed by atoms with van der Waals surface area (Å²) < 4.78 is 0. The van der Waals surface area contributed by atoms with Gasteiger partial charge in [-0.1, -0.05) is 43.6 Å². The molecule has 0 unspecified atom stereocenters. The number of nitrogens with zero attached hydrogens (tertiary/aromatic N) is 2. The van der Waals surface area contributed by atoms with Crippen LogP contribution < -0.4 is 10.6 Å². The van der Waals surface area contributed by atoms with Crippen molar-refractivity contribution in [3.8, 4) is 0 Å². The number of guanidine groups is 1. The molecule has 29 heavy (non-hydrogen) atoms. The Hall–Kier alpha value is -3.18. The number of halogens is 1.